The van der Waals surface area contributed by atoms with E-state index in [4.69, 9.17) is 0 Å². The van der Waals surface area contributed by atoms with E-state index < -0.39 is 0 Å². The molecule has 0 aromatic rings. The van der Waals surface area contributed by atoms with Crippen LogP contribution in [-0.4, -0.2) is 0 Å². The molecule has 7 atom stereocenters. The lowest BCUT2D eigenvalue weighted by Crippen LogP contribution is -2.30. The van der Waals surface area contributed by atoms with E-state index in [1.54, 1.807) is 12.8 Å². The Morgan fingerprint density at radius 1 is 1.06 bits per heavy atom. The van der Waals surface area contributed by atoms with Crippen LogP contribution in [-0.2, 0) is 0 Å². The SMILES string of the molecule is C=CCCC1CC2CC1C1C3C=CC(C3)C21. The van der Waals surface area contributed by atoms with Crippen molar-refractivity contribution in [2.75, 3.05) is 0 Å². The van der Waals surface area contributed by atoms with E-state index in [9.17, 15) is 0 Å². The first-order valence-electron chi connectivity index (χ1n) is 7.17. The number of allylic oxidation sites excluding steroid dienone is 3. The second-order valence-electron chi connectivity index (χ2n) is 6.62. The van der Waals surface area contributed by atoms with Gasteiger partial charge in [0.15, 0.2) is 0 Å². The van der Waals surface area contributed by atoms with Crippen LogP contribution in [0.3, 0.4) is 0 Å². The summed E-state index contributed by atoms with van der Waals surface area (Å²) in [4.78, 5) is 0. The molecule has 16 heavy (non-hydrogen) atoms. The van der Waals surface area contributed by atoms with Gasteiger partial charge in [0.2, 0.25) is 0 Å². The Balaban J connectivity index is 1.56. The smallest absolute Gasteiger partial charge is 0.0194 e. The van der Waals surface area contributed by atoms with E-state index in [1.807, 2.05) is 0 Å². The van der Waals surface area contributed by atoms with E-state index in [0.717, 1.165) is 41.4 Å². The lowest BCUT2D eigenvalue weighted by atomic mass is 9.68. The van der Waals surface area contributed by atoms with Crippen LogP contribution in [0, 0.1) is 41.4 Å². The third-order valence-corrected chi connectivity index (χ3v) is 6.15. The van der Waals surface area contributed by atoms with Gasteiger partial charge in [-0.1, -0.05) is 18.2 Å². The first-order chi connectivity index (χ1) is 7.88. The quantitative estimate of drug-likeness (QED) is 0.491. The van der Waals surface area contributed by atoms with Crippen molar-refractivity contribution in [3.63, 3.8) is 0 Å². The van der Waals surface area contributed by atoms with Gasteiger partial charge in [-0.25, -0.2) is 0 Å². The molecule has 4 aliphatic carbocycles. The summed E-state index contributed by atoms with van der Waals surface area (Å²) < 4.78 is 0. The predicted octanol–water partition coefficient (Wildman–Crippen LogP) is 4.05. The van der Waals surface area contributed by atoms with Crippen molar-refractivity contribution in [2.45, 2.75) is 32.1 Å². The highest BCUT2D eigenvalue weighted by molar-refractivity contribution is 5.20. The second-order valence-corrected chi connectivity index (χ2v) is 6.62. The standard InChI is InChI=1S/C16H22/c1-2-3-4-10-7-13-9-14(10)16-12-6-5-11(8-12)15(13)16/h2,5-6,10-16H,1,3-4,7-9H2. The van der Waals surface area contributed by atoms with E-state index in [1.165, 1.54) is 19.3 Å². The Morgan fingerprint density at radius 3 is 2.69 bits per heavy atom. The van der Waals surface area contributed by atoms with Gasteiger partial charge in [-0.05, 0) is 73.5 Å². The monoisotopic (exact) mass is 214 g/mol. The third-order valence-electron chi connectivity index (χ3n) is 6.15. The molecule has 0 aromatic heterocycles. The molecule has 86 valence electrons. The van der Waals surface area contributed by atoms with Gasteiger partial charge in [0.05, 0.1) is 0 Å². The first-order valence-corrected chi connectivity index (χ1v) is 7.17. The normalized spacial score (nSPS) is 55.9. The zero-order valence-corrected chi connectivity index (χ0v) is 10.0. The van der Waals surface area contributed by atoms with Gasteiger partial charge >= 0.3 is 0 Å². The molecule has 4 rings (SSSR count). The zero-order chi connectivity index (χ0) is 10.7. The Kier molecular flexibility index (Phi) is 1.93. The summed E-state index contributed by atoms with van der Waals surface area (Å²) in [5, 5.41) is 0. The van der Waals surface area contributed by atoms with E-state index >= 15 is 0 Å². The van der Waals surface area contributed by atoms with Crippen molar-refractivity contribution in [3.8, 4) is 0 Å². The Labute approximate surface area is 98.8 Å². The molecule has 0 amide bonds. The molecule has 0 saturated heterocycles. The maximum atomic E-state index is 3.88. The highest BCUT2D eigenvalue weighted by Crippen LogP contribution is 2.67. The molecule has 0 N–H and O–H groups in total. The summed E-state index contributed by atoms with van der Waals surface area (Å²) in [7, 11) is 0. The summed E-state index contributed by atoms with van der Waals surface area (Å²) in [5.41, 5.74) is 0. The van der Waals surface area contributed by atoms with E-state index in [0.29, 0.717) is 0 Å². The Morgan fingerprint density at radius 2 is 1.88 bits per heavy atom. The minimum Gasteiger partial charge on any atom is -0.103 e. The number of rotatable bonds is 3. The highest BCUT2D eigenvalue weighted by atomic mass is 14.6. The third kappa shape index (κ3) is 1.06. The lowest BCUT2D eigenvalue weighted by Gasteiger charge is -2.36. The van der Waals surface area contributed by atoms with Crippen LogP contribution >= 0.6 is 0 Å². The highest BCUT2D eigenvalue weighted by Gasteiger charge is 2.60. The molecule has 0 spiro atoms. The van der Waals surface area contributed by atoms with Crippen molar-refractivity contribution in [2.24, 2.45) is 41.4 Å². The minimum absolute atomic E-state index is 0.983. The van der Waals surface area contributed by atoms with Crippen LogP contribution in [0.5, 0.6) is 0 Å². The topological polar surface area (TPSA) is 0 Å². The summed E-state index contributed by atoms with van der Waals surface area (Å²) in [6.45, 7) is 3.88. The van der Waals surface area contributed by atoms with Crippen molar-refractivity contribution in [3.05, 3.63) is 24.8 Å². The maximum absolute atomic E-state index is 3.88. The maximum Gasteiger partial charge on any atom is -0.0194 e. The number of hydrogen-bond donors (Lipinski definition) is 0. The average molecular weight is 214 g/mol. The lowest BCUT2D eigenvalue weighted by molar-refractivity contribution is 0.145. The molecule has 4 aliphatic rings. The number of hydrogen-bond acceptors (Lipinski definition) is 0. The van der Waals surface area contributed by atoms with Crippen molar-refractivity contribution < 1.29 is 0 Å². The summed E-state index contributed by atoms with van der Waals surface area (Å²) in [5.74, 6) is 7.43. The molecule has 7 unspecified atom stereocenters. The van der Waals surface area contributed by atoms with Crippen LogP contribution in [0.4, 0.5) is 0 Å². The Bertz CT molecular complexity index is 340. The molecule has 0 radical (unpaired) electrons. The fraction of sp³-hybridized carbons (Fsp3) is 0.750. The van der Waals surface area contributed by atoms with E-state index in [-0.39, 0.29) is 0 Å². The predicted molar refractivity (Wildman–Crippen MR) is 66.9 cm³/mol. The fourth-order valence-electron chi connectivity index (χ4n) is 5.82. The van der Waals surface area contributed by atoms with Crippen LogP contribution in [0.1, 0.15) is 32.1 Å². The Hall–Kier alpha value is -0.520. The van der Waals surface area contributed by atoms with Gasteiger partial charge in [0, 0.05) is 0 Å². The first kappa shape index (κ1) is 9.50. The van der Waals surface area contributed by atoms with Gasteiger partial charge < -0.3 is 0 Å². The molecule has 0 heterocycles. The van der Waals surface area contributed by atoms with Crippen molar-refractivity contribution >= 4 is 0 Å². The molecule has 0 nitrogen and oxygen atoms in total. The van der Waals surface area contributed by atoms with E-state index in [2.05, 4.69) is 24.8 Å². The summed E-state index contributed by atoms with van der Waals surface area (Å²) >= 11 is 0. The van der Waals surface area contributed by atoms with Crippen LogP contribution in [0.25, 0.3) is 0 Å². The average Bonchev–Trinajstić information content (AvgIpc) is 3.02. The largest absolute Gasteiger partial charge is 0.103 e. The second kappa shape index (κ2) is 3.24. The fourth-order valence-corrected chi connectivity index (χ4v) is 5.82. The molecule has 3 fully saturated rings. The molecule has 0 aromatic carbocycles. The van der Waals surface area contributed by atoms with Gasteiger partial charge in [-0.2, -0.15) is 0 Å². The molecular weight excluding hydrogens is 192 g/mol. The molecule has 0 heteroatoms. The van der Waals surface area contributed by atoms with Crippen molar-refractivity contribution in [1.29, 1.82) is 0 Å². The molecular formula is C16H22. The molecule has 4 bridgehead atoms. The molecule has 0 aliphatic heterocycles. The molecule has 3 saturated carbocycles. The van der Waals surface area contributed by atoms with Gasteiger partial charge in [-0.15, -0.1) is 6.58 Å². The van der Waals surface area contributed by atoms with Crippen LogP contribution in [0.2, 0.25) is 0 Å². The van der Waals surface area contributed by atoms with Gasteiger partial charge in [0.25, 0.3) is 0 Å². The zero-order valence-electron chi connectivity index (χ0n) is 10.0. The summed E-state index contributed by atoms with van der Waals surface area (Å²) in [6.07, 6.45) is 14.5. The van der Waals surface area contributed by atoms with Crippen LogP contribution < -0.4 is 0 Å². The van der Waals surface area contributed by atoms with Crippen molar-refractivity contribution in [1.82, 2.24) is 0 Å². The van der Waals surface area contributed by atoms with Gasteiger partial charge in [-0.3, -0.25) is 0 Å². The summed E-state index contributed by atoms with van der Waals surface area (Å²) in [6, 6.07) is 0. The minimum atomic E-state index is 0.983. The van der Waals surface area contributed by atoms with Crippen LogP contribution in [0.15, 0.2) is 24.8 Å². The number of fused-ring (bicyclic) bond motifs is 9. The van der Waals surface area contributed by atoms with Gasteiger partial charge in [0.1, 0.15) is 0 Å².